The monoisotopic (exact) mass is 264 g/mol. The summed E-state index contributed by atoms with van der Waals surface area (Å²) in [4.78, 5) is 11.1. The average Bonchev–Trinajstić information content (AvgIpc) is 2.41. The Bertz CT molecular complexity index is 370. The molecule has 1 aromatic carbocycles. The summed E-state index contributed by atoms with van der Waals surface area (Å²) in [5.74, 6) is 0. The highest BCUT2D eigenvalue weighted by atomic mass is 16.5. The molecule has 0 aliphatic heterocycles. The largest absolute Gasteiger partial charge is 0.453 e. The van der Waals surface area contributed by atoms with E-state index < -0.39 is 6.09 Å². The molecule has 0 spiro atoms. The molecule has 0 saturated heterocycles. The van der Waals surface area contributed by atoms with E-state index in [9.17, 15) is 4.79 Å². The van der Waals surface area contributed by atoms with Crippen molar-refractivity contribution in [1.29, 1.82) is 0 Å². The van der Waals surface area contributed by atoms with Crippen molar-refractivity contribution in [1.82, 2.24) is 0 Å². The van der Waals surface area contributed by atoms with E-state index in [-0.39, 0.29) is 0 Å². The van der Waals surface area contributed by atoms with Crippen molar-refractivity contribution in [3.8, 4) is 0 Å². The minimum Gasteiger partial charge on any atom is -0.453 e. The van der Waals surface area contributed by atoms with Crippen LogP contribution in [-0.2, 0) is 4.74 Å². The lowest BCUT2D eigenvalue weighted by Crippen LogP contribution is -2.18. The maximum atomic E-state index is 11.1. The Morgan fingerprint density at radius 3 is 2.11 bits per heavy atom. The van der Waals surface area contributed by atoms with Crippen molar-refractivity contribution in [2.24, 2.45) is 0 Å². The minimum absolute atomic E-state index is 0.449. The van der Waals surface area contributed by atoms with Crippen LogP contribution in [0.3, 0.4) is 0 Å². The van der Waals surface area contributed by atoms with Crippen LogP contribution in [0.1, 0.15) is 39.5 Å². The second-order valence-corrected chi connectivity index (χ2v) is 4.61. The van der Waals surface area contributed by atoms with Gasteiger partial charge < -0.3 is 10.1 Å². The van der Waals surface area contributed by atoms with Gasteiger partial charge in [-0.2, -0.15) is 0 Å². The van der Waals surface area contributed by atoms with Crippen LogP contribution < -0.4 is 10.6 Å². The predicted octanol–water partition coefficient (Wildman–Crippen LogP) is 4.25. The Balaban J connectivity index is 2.57. The molecule has 0 atom stereocenters. The first kappa shape index (κ1) is 15.3. The summed E-state index contributed by atoms with van der Waals surface area (Å²) < 4.78 is 4.55. The van der Waals surface area contributed by atoms with Crippen LogP contribution >= 0.6 is 0 Å². The molecule has 0 aliphatic rings. The van der Waals surface area contributed by atoms with E-state index in [2.05, 4.69) is 29.2 Å². The molecule has 4 nitrogen and oxygen atoms in total. The van der Waals surface area contributed by atoms with Gasteiger partial charge in [-0.3, -0.25) is 5.32 Å². The van der Waals surface area contributed by atoms with Crippen molar-refractivity contribution in [3.63, 3.8) is 0 Å². The van der Waals surface area contributed by atoms with Crippen LogP contribution in [0.15, 0.2) is 24.3 Å². The fourth-order valence-corrected chi connectivity index (χ4v) is 2.04. The quantitative estimate of drug-likeness (QED) is 0.774. The minimum atomic E-state index is -0.449. The number of nitrogens with one attached hydrogen (secondary N) is 2. The molecule has 4 heteroatoms. The number of benzene rings is 1. The number of ether oxygens (including phenoxy) is 1. The van der Waals surface area contributed by atoms with Gasteiger partial charge in [0.1, 0.15) is 0 Å². The molecule has 2 N–H and O–H groups in total. The molecule has 106 valence electrons. The van der Waals surface area contributed by atoms with Gasteiger partial charge in [-0.25, -0.2) is 4.79 Å². The number of amides is 1. The van der Waals surface area contributed by atoms with Crippen LogP contribution in [0, 0.1) is 0 Å². The van der Waals surface area contributed by atoms with Gasteiger partial charge in [-0.1, -0.05) is 26.7 Å². The third-order valence-electron chi connectivity index (χ3n) is 2.96. The average molecular weight is 264 g/mol. The topological polar surface area (TPSA) is 50.4 Å². The first-order valence-electron chi connectivity index (χ1n) is 6.91. The standard InChI is InChI=1S/C15H24N2O2/c1-4-6-12(7-5-2)16-13-8-10-14(11-9-13)17-15(18)19-3/h8-12,16H,4-7H2,1-3H3,(H,17,18). The smallest absolute Gasteiger partial charge is 0.411 e. The molecule has 19 heavy (non-hydrogen) atoms. The molecule has 1 amide bonds. The summed E-state index contributed by atoms with van der Waals surface area (Å²) in [6.45, 7) is 4.40. The van der Waals surface area contributed by atoms with Crippen LogP contribution in [0.5, 0.6) is 0 Å². The number of rotatable bonds is 7. The molecule has 0 aromatic heterocycles. The van der Waals surface area contributed by atoms with E-state index in [0.717, 1.165) is 11.4 Å². The van der Waals surface area contributed by atoms with Crippen molar-refractivity contribution in [3.05, 3.63) is 24.3 Å². The SMILES string of the molecule is CCCC(CCC)Nc1ccc(NC(=O)OC)cc1. The second kappa shape index (κ2) is 8.40. The van der Waals surface area contributed by atoms with Crippen LogP contribution in [0.2, 0.25) is 0 Å². The summed E-state index contributed by atoms with van der Waals surface area (Å²) in [5, 5.41) is 6.16. The molecule has 0 aliphatic carbocycles. The molecule has 0 fully saturated rings. The van der Waals surface area contributed by atoms with Crippen molar-refractivity contribution in [2.45, 2.75) is 45.6 Å². The van der Waals surface area contributed by atoms with Crippen LogP contribution in [0.25, 0.3) is 0 Å². The zero-order chi connectivity index (χ0) is 14.1. The second-order valence-electron chi connectivity index (χ2n) is 4.61. The van der Waals surface area contributed by atoms with E-state index in [1.807, 2.05) is 24.3 Å². The number of carbonyl (C=O) groups is 1. The molecule has 1 rings (SSSR count). The maximum absolute atomic E-state index is 11.1. The van der Waals surface area contributed by atoms with Crippen LogP contribution in [0.4, 0.5) is 16.2 Å². The molecule has 0 unspecified atom stereocenters. The summed E-state index contributed by atoms with van der Waals surface area (Å²) in [6, 6.07) is 8.21. The first-order valence-corrected chi connectivity index (χ1v) is 6.91. The van der Waals surface area contributed by atoms with E-state index in [1.54, 1.807) is 0 Å². The highest BCUT2D eigenvalue weighted by molar-refractivity contribution is 5.84. The summed E-state index contributed by atoms with van der Waals surface area (Å²) >= 11 is 0. The van der Waals surface area contributed by atoms with E-state index in [1.165, 1.54) is 32.8 Å². The first-order chi connectivity index (χ1) is 9.19. The maximum Gasteiger partial charge on any atom is 0.411 e. The summed E-state index contributed by atoms with van der Waals surface area (Å²) in [7, 11) is 1.35. The van der Waals surface area contributed by atoms with Gasteiger partial charge in [0.25, 0.3) is 0 Å². The molecular weight excluding hydrogens is 240 g/mol. The highest BCUT2D eigenvalue weighted by Gasteiger charge is 2.06. The van der Waals surface area contributed by atoms with Gasteiger partial charge in [0, 0.05) is 17.4 Å². The molecule has 1 aromatic rings. The highest BCUT2D eigenvalue weighted by Crippen LogP contribution is 2.17. The van der Waals surface area contributed by atoms with Gasteiger partial charge >= 0.3 is 6.09 Å². The predicted molar refractivity (Wildman–Crippen MR) is 79.7 cm³/mol. The van der Waals surface area contributed by atoms with E-state index >= 15 is 0 Å². The van der Waals surface area contributed by atoms with Crippen LogP contribution in [-0.4, -0.2) is 19.2 Å². The third-order valence-corrected chi connectivity index (χ3v) is 2.96. The summed E-state index contributed by atoms with van der Waals surface area (Å²) in [6.07, 6.45) is 4.27. The van der Waals surface area contributed by atoms with Gasteiger partial charge in [0.15, 0.2) is 0 Å². The third kappa shape index (κ3) is 5.64. The molecule has 0 radical (unpaired) electrons. The number of hydrogen-bond donors (Lipinski definition) is 2. The fourth-order valence-electron chi connectivity index (χ4n) is 2.04. The lowest BCUT2D eigenvalue weighted by molar-refractivity contribution is 0.187. The lowest BCUT2D eigenvalue weighted by Gasteiger charge is -2.18. The van der Waals surface area contributed by atoms with Crippen molar-refractivity contribution in [2.75, 3.05) is 17.7 Å². The van der Waals surface area contributed by atoms with Crippen molar-refractivity contribution >= 4 is 17.5 Å². The number of hydrogen-bond acceptors (Lipinski definition) is 3. The molecule has 0 bridgehead atoms. The Morgan fingerprint density at radius 2 is 1.63 bits per heavy atom. The normalized spacial score (nSPS) is 10.3. The molecule has 0 heterocycles. The van der Waals surface area contributed by atoms with Gasteiger partial charge in [-0.05, 0) is 37.1 Å². The molecule has 0 saturated carbocycles. The summed E-state index contributed by atoms with van der Waals surface area (Å²) in [5.41, 5.74) is 1.82. The zero-order valence-electron chi connectivity index (χ0n) is 12.0. The number of methoxy groups -OCH3 is 1. The van der Waals surface area contributed by atoms with Crippen molar-refractivity contribution < 1.29 is 9.53 Å². The number of anilines is 2. The van der Waals surface area contributed by atoms with E-state index in [4.69, 9.17) is 0 Å². The Hall–Kier alpha value is -1.71. The number of carbonyl (C=O) groups excluding carboxylic acids is 1. The lowest BCUT2D eigenvalue weighted by atomic mass is 10.1. The Kier molecular flexibility index (Phi) is 6.79. The Morgan fingerprint density at radius 1 is 1.11 bits per heavy atom. The van der Waals surface area contributed by atoms with Gasteiger partial charge in [-0.15, -0.1) is 0 Å². The Labute approximate surface area is 115 Å². The zero-order valence-corrected chi connectivity index (χ0v) is 12.0. The fraction of sp³-hybridized carbons (Fsp3) is 0.533. The van der Waals surface area contributed by atoms with Gasteiger partial charge in [0.05, 0.1) is 7.11 Å². The van der Waals surface area contributed by atoms with Gasteiger partial charge in [0.2, 0.25) is 0 Å². The molecular formula is C15H24N2O2. The van der Waals surface area contributed by atoms with E-state index in [0.29, 0.717) is 6.04 Å².